The molecule has 4 aromatic carbocycles. The Labute approximate surface area is 498 Å². The van der Waals surface area contributed by atoms with E-state index in [9.17, 15) is 130 Å². The molecule has 45 heteroatoms. The predicted molar refractivity (Wildman–Crippen MR) is 275 cm³/mol. The van der Waals surface area contributed by atoms with Crippen LogP contribution in [0.5, 0.6) is 0 Å². The lowest BCUT2D eigenvalue weighted by Gasteiger charge is -2.20. The Hall–Kier alpha value is -7.17. The first-order valence-electron chi connectivity index (χ1n) is 23.4. The summed E-state index contributed by atoms with van der Waals surface area (Å²) in [7, 11) is -39.6. The predicted octanol–water partition coefficient (Wildman–Crippen LogP) is 6.82. The SMILES string of the molecule is Cc1c(C[n+]2ccn(-c3ccccc3)c2)c(C)c(C[n+]2ccn(-c3ccccc3)c2)c(C)c1C[n+]1ccn(-c2ccccc2)c1.O=S(=O)(NS(=O)(=O)C(F)(F)F)C(F)(F)F.O=S(=O)(NS(=O)(=O)C(F)(F)F)C(F)(F)F.O=S(=O)(NS(=O)(=O)C(F)(F)F)C(F)(F)F. The molecule has 7 aromatic rings. The van der Waals surface area contributed by atoms with E-state index < -0.39 is 106 Å². The summed E-state index contributed by atoms with van der Waals surface area (Å²) in [6.45, 7) is 9.33. The molecule has 0 aliphatic rings. The maximum atomic E-state index is 11.5. The van der Waals surface area contributed by atoms with Gasteiger partial charge in [-0.15, -0.1) is 0 Å². The summed E-state index contributed by atoms with van der Waals surface area (Å²) in [5.74, 6) is 0. The Morgan fingerprint density at radius 2 is 0.478 bits per heavy atom. The molecule has 3 aromatic heterocycles. The van der Waals surface area contributed by atoms with Crippen molar-refractivity contribution in [2.24, 2.45) is 0 Å². The fourth-order valence-electron chi connectivity index (χ4n) is 7.09. The Bertz CT molecular complexity index is 3760. The molecule has 0 fully saturated rings. The van der Waals surface area contributed by atoms with Crippen molar-refractivity contribution in [3.8, 4) is 17.1 Å². The zero-order valence-electron chi connectivity index (χ0n) is 44.8. The van der Waals surface area contributed by atoms with Crippen LogP contribution in [0.1, 0.15) is 33.4 Å². The molecular weight excluding hydrogens is 1390 g/mol. The Balaban J connectivity index is 0.000000315. The topological polar surface area (TPSA) is 267 Å². The monoisotopic (exact) mass is 1430 g/mol. The van der Waals surface area contributed by atoms with Crippen molar-refractivity contribution in [2.45, 2.75) is 73.5 Å². The van der Waals surface area contributed by atoms with Gasteiger partial charge in [-0.05, 0) is 73.9 Å². The van der Waals surface area contributed by atoms with Crippen molar-refractivity contribution < 1.29 is 143 Å². The van der Waals surface area contributed by atoms with Crippen LogP contribution in [0.3, 0.4) is 0 Å². The van der Waals surface area contributed by atoms with Crippen LogP contribution >= 0.6 is 0 Å². The maximum absolute atomic E-state index is 11.5. The van der Waals surface area contributed by atoms with E-state index in [1.54, 1.807) is 0 Å². The van der Waals surface area contributed by atoms with Gasteiger partial charge in [-0.2, -0.15) is 79.0 Å². The molecule has 0 unspecified atom stereocenters. The number of imidazole rings is 3. The van der Waals surface area contributed by atoms with Crippen molar-refractivity contribution >= 4 is 60.1 Å². The van der Waals surface area contributed by atoms with Gasteiger partial charge in [-0.3, -0.25) is 0 Å². The zero-order valence-corrected chi connectivity index (χ0v) is 49.7. The van der Waals surface area contributed by atoms with Gasteiger partial charge < -0.3 is 0 Å². The van der Waals surface area contributed by atoms with E-state index in [4.69, 9.17) is 0 Å². The van der Waals surface area contributed by atoms with Gasteiger partial charge in [0.05, 0.1) is 0 Å². The summed E-state index contributed by atoms with van der Waals surface area (Å²) in [4.78, 5) is 0. The lowest BCUT2D eigenvalue weighted by atomic mass is 9.87. The molecule has 0 aliphatic heterocycles. The number of rotatable bonds is 15. The van der Waals surface area contributed by atoms with Crippen LogP contribution < -0.4 is 26.1 Å². The zero-order chi connectivity index (χ0) is 68.9. The summed E-state index contributed by atoms with van der Waals surface area (Å²) in [6, 6.07) is 31.5. The van der Waals surface area contributed by atoms with E-state index in [1.807, 2.05) is 0 Å². The van der Waals surface area contributed by atoms with Gasteiger partial charge in [-0.1, -0.05) is 67.0 Å². The highest BCUT2D eigenvalue weighted by molar-refractivity contribution is 8.06. The molecule has 3 N–H and O–H groups in total. The minimum atomic E-state index is -6.60. The number of nitrogens with zero attached hydrogens (tertiary/aromatic N) is 6. The van der Waals surface area contributed by atoms with Gasteiger partial charge in [0.15, 0.2) is 0 Å². The molecular formula is C45H42F18N9O12S6+3. The number of aromatic nitrogens is 6. The number of para-hydroxylation sites is 3. The van der Waals surface area contributed by atoms with Crippen molar-refractivity contribution in [1.29, 1.82) is 0 Å². The molecule has 0 saturated carbocycles. The van der Waals surface area contributed by atoms with Gasteiger partial charge in [0.1, 0.15) is 73.9 Å². The average molecular weight is 1440 g/mol. The minimum Gasteiger partial charge on any atom is -0.232 e. The number of hydrogen-bond acceptors (Lipinski definition) is 12. The van der Waals surface area contributed by atoms with Crippen LogP contribution in [-0.2, 0) is 79.8 Å². The molecule has 0 radical (unpaired) electrons. The summed E-state index contributed by atoms with van der Waals surface area (Å²) in [5, 5.41) is 0. The fraction of sp³-hybridized carbons (Fsp3) is 0.267. The van der Waals surface area contributed by atoms with Crippen LogP contribution in [0.2, 0.25) is 0 Å². The van der Waals surface area contributed by atoms with Crippen LogP contribution in [0.15, 0.2) is 147 Å². The van der Waals surface area contributed by atoms with Gasteiger partial charge in [-0.25, -0.2) is 77.9 Å². The first kappa shape index (κ1) is 75.3. The molecule has 498 valence electrons. The third kappa shape index (κ3) is 19.2. The normalized spacial score (nSPS) is 13.3. The second kappa shape index (κ2) is 27.3. The van der Waals surface area contributed by atoms with E-state index in [2.05, 4.69) is 195 Å². The lowest BCUT2D eigenvalue weighted by Crippen LogP contribution is -2.45. The fourth-order valence-corrected chi connectivity index (χ4v) is 12.8. The molecule has 0 bridgehead atoms. The maximum Gasteiger partial charge on any atom is 0.512 e. The molecule has 21 nitrogen and oxygen atoms in total. The van der Waals surface area contributed by atoms with Crippen LogP contribution in [0.4, 0.5) is 79.0 Å². The van der Waals surface area contributed by atoms with E-state index in [1.165, 1.54) is 33.4 Å². The van der Waals surface area contributed by atoms with Crippen LogP contribution in [0.25, 0.3) is 17.1 Å². The van der Waals surface area contributed by atoms with Crippen molar-refractivity contribution in [3.05, 3.63) is 181 Å². The highest BCUT2D eigenvalue weighted by Crippen LogP contribution is 2.32. The number of nitrogens with one attached hydrogen (secondary N) is 3. The van der Waals surface area contributed by atoms with Gasteiger partial charge in [0, 0.05) is 16.7 Å². The quantitative estimate of drug-likeness (QED) is 0.0706. The smallest absolute Gasteiger partial charge is 0.232 e. The summed E-state index contributed by atoms with van der Waals surface area (Å²) in [6.07, 6.45) is 19.5. The molecule has 0 saturated heterocycles. The Kier molecular flexibility index (Phi) is 22.9. The van der Waals surface area contributed by atoms with E-state index in [-0.39, 0.29) is 0 Å². The molecule has 0 amide bonds. The first-order valence-corrected chi connectivity index (χ1v) is 32.3. The third-order valence-corrected chi connectivity index (χ3v) is 20.4. The molecule has 90 heavy (non-hydrogen) atoms. The number of alkyl halides is 18. The number of halogens is 18. The molecule has 0 spiro atoms. The Morgan fingerprint density at radius 1 is 0.311 bits per heavy atom. The standard InChI is InChI=1S/C39H39N6.3C2HF6NO4S2/c1-31-37(25-40-19-22-43(28-40)34-13-7-4-8-14-34)32(2)39(27-42-21-24-45(30-42)36-17-11-6-12-18-36)33(3)38(31)26-41-20-23-44(29-41)35-15-9-5-10-16-35;3*3-1(4,5)14(10,11)9-15(12,13)2(6,7)8/h4-24,28-30H,25-27H2,1-3H3;3*9H/q+3;;;. The van der Waals surface area contributed by atoms with Gasteiger partial charge in [0.2, 0.25) is 19.0 Å². The summed E-state index contributed by atoms with van der Waals surface area (Å²) in [5.41, 5.74) is -25.2. The van der Waals surface area contributed by atoms with Crippen molar-refractivity contribution in [1.82, 2.24) is 26.1 Å². The van der Waals surface area contributed by atoms with Crippen molar-refractivity contribution in [3.63, 3.8) is 0 Å². The molecule has 0 atom stereocenters. The minimum absolute atomic E-state index is 0.493. The number of hydrogen-bond donors (Lipinski definition) is 3. The first-order chi connectivity index (χ1) is 40.7. The number of benzene rings is 4. The van der Waals surface area contributed by atoms with Crippen LogP contribution in [-0.4, -0.2) is 97.3 Å². The average Bonchev–Trinajstić information content (AvgIpc) is 1.10. The highest BCUT2D eigenvalue weighted by Gasteiger charge is 2.57. The largest absolute Gasteiger partial charge is 0.512 e. The van der Waals surface area contributed by atoms with Crippen LogP contribution in [0, 0.1) is 20.8 Å². The van der Waals surface area contributed by atoms with E-state index >= 15 is 0 Å². The molecule has 7 rings (SSSR count). The molecule has 0 aliphatic carbocycles. The highest BCUT2D eigenvalue weighted by atomic mass is 32.3. The molecule has 3 heterocycles. The van der Waals surface area contributed by atoms with Gasteiger partial charge >= 0.3 is 93.2 Å². The Morgan fingerprint density at radius 3 is 0.633 bits per heavy atom. The second-order valence-electron chi connectivity index (χ2n) is 17.7. The van der Waals surface area contributed by atoms with E-state index in [0.29, 0.717) is 0 Å². The van der Waals surface area contributed by atoms with Gasteiger partial charge in [0.25, 0.3) is 0 Å². The van der Waals surface area contributed by atoms with E-state index in [0.717, 1.165) is 36.7 Å². The number of sulfonamides is 6. The van der Waals surface area contributed by atoms with Crippen molar-refractivity contribution in [2.75, 3.05) is 0 Å². The second-order valence-corrected chi connectivity index (χ2v) is 28.6. The third-order valence-electron chi connectivity index (χ3n) is 11.5. The lowest BCUT2D eigenvalue weighted by molar-refractivity contribution is -0.689. The summed E-state index contributed by atoms with van der Waals surface area (Å²) < 4.78 is 338. The summed E-state index contributed by atoms with van der Waals surface area (Å²) >= 11 is 0.